The molecule has 3 nitrogen and oxygen atoms in total. The fourth-order valence-electron chi connectivity index (χ4n) is 2.05. The third-order valence-electron chi connectivity index (χ3n) is 3.15. The topological polar surface area (TPSA) is 28.2 Å². The van der Waals surface area contributed by atoms with E-state index in [-0.39, 0.29) is 5.82 Å². The van der Waals surface area contributed by atoms with E-state index in [0.29, 0.717) is 18.3 Å². The van der Waals surface area contributed by atoms with E-state index in [0.717, 1.165) is 11.3 Å². The van der Waals surface area contributed by atoms with Crippen LogP contribution in [0.4, 0.5) is 15.8 Å². The number of halogens is 1. The molecule has 0 saturated heterocycles. The van der Waals surface area contributed by atoms with Crippen LogP contribution in [0.2, 0.25) is 0 Å². The molecule has 4 heteroatoms. The summed E-state index contributed by atoms with van der Waals surface area (Å²) in [7, 11) is 1.87. The molecule has 0 aliphatic rings. The van der Waals surface area contributed by atoms with Gasteiger partial charge in [0.15, 0.2) is 0 Å². The van der Waals surface area contributed by atoms with Crippen molar-refractivity contribution in [2.75, 3.05) is 11.9 Å². The number of nitrogens with zero attached hydrogens (tertiary/aromatic N) is 2. The number of rotatable bonds is 5. The molecule has 1 N–H and O–H groups in total. The Balaban J connectivity index is 2.30. The quantitative estimate of drug-likeness (QED) is 0.904. The summed E-state index contributed by atoms with van der Waals surface area (Å²) in [5.74, 6) is -0.227. The minimum absolute atomic E-state index is 0.227. The molecule has 2 aromatic rings. The van der Waals surface area contributed by atoms with Gasteiger partial charge >= 0.3 is 0 Å². The molecule has 106 valence electrons. The number of aromatic nitrogens is 1. The molecule has 2 rings (SSSR count). The highest BCUT2D eigenvalue weighted by Crippen LogP contribution is 2.28. The average molecular weight is 273 g/mol. The molecule has 0 unspecified atom stereocenters. The van der Waals surface area contributed by atoms with Crippen molar-refractivity contribution in [3.05, 3.63) is 54.1 Å². The maximum absolute atomic E-state index is 13.9. The first-order valence-corrected chi connectivity index (χ1v) is 6.74. The van der Waals surface area contributed by atoms with Gasteiger partial charge in [-0.3, -0.25) is 4.98 Å². The summed E-state index contributed by atoms with van der Waals surface area (Å²) in [6.07, 6.45) is 3.55. The van der Waals surface area contributed by atoms with Gasteiger partial charge in [0.25, 0.3) is 0 Å². The lowest BCUT2D eigenvalue weighted by Crippen LogP contribution is -2.23. The SMILES string of the molecule is CC(C)NCc1cnccc1N(C)c1ccccc1F. The second-order valence-electron chi connectivity index (χ2n) is 5.05. The normalized spacial score (nSPS) is 10.8. The smallest absolute Gasteiger partial charge is 0.146 e. The van der Waals surface area contributed by atoms with Crippen LogP contribution >= 0.6 is 0 Å². The summed E-state index contributed by atoms with van der Waals surface area (Å²) in [5, 5.41) is 3.36. The van der Waals surface area contributed by atoms with Gasteiger partial charge in [-0.15, -0.1) is 0 Å². The maximum atomic E-state index is 13.9. The molecule has 0 aliphatic carbocycles. The first-order valence-electron chi connectivity index (χ1n) is 6.74. The highest BCUT2D eigenvalue weighted by atomic mass is 19.1. The zero-order valence-corrected chi connectivity index (χ0v) is 12.1. The number of para-hydroxylation sites is 1. The van der Waals surface area contributed by atoms with Crippen LogP contribution in [-0.2, 0) is 6.54 Å². The number of anilines is 2. The van der Waals surface area contributed by atoms with Crippen molar-refractivity contribution in [3.8, 4) is 0 Å². The summed E-state index contributed by atoms with van der Waals surface area (Å²) in [6.45, 7) is 4.90. The molecular formula is C16H20FN3. The molecule has 0 atom stereocenters. The fraction of sp³-hybridized carbons (Fsp3) is 0.312. The van der Waals surface area contributed by atoms with Gasteiger partial charge in [-0.05, 0) is 18.2 Å². The Morgan fingerprint density at radius 1 is 1.20 bits per heavy atom. The standard InChI is InChI=1S/C16H20FN3/c1-12(2)19-11-13-10-18-9-8-15(13)20(3)16-7-5-4-6-14(16)17/h4-10,12,19H,11H2,1-3H3. The molecule has 0 aliphatic heterocycles. The first kappa shape index (κ1) is 14.5. The molecule has 0 fully saturated rings. The monoisotopic (exact) mass is 273 g/mol. The largest absolute Gasteiger partial charge is 0.342 e. The summed E-state index contributed by atoms with van der Waals surface area (Å²) < 4.78 is 13.9. The van der Waals surface area contributed by atoms with Crippen molar-refractivity contribution in [2.45, 2.75) is 26.4 Å². The second-order valence-corrected chi connectivity index (χ2v) is 5.05. The Hall–Kier alpha value is -1.94. The highest BCUT2D eigenvalue weighted by molar-refractivity contribution is 5.65. The van der Waals surface area contributed by atoms with Crippen molar-refractivity contribution >= 4 is 11.4 Å². The Bertz CT molecular complexity index is 569. The number of benzene rings is 1. The van der Waals surface area contributed by atoms with E-state index in [2.05, 4.69) is 24.1 Å². The third kappa shape index (κ3) is 3.33. The van der Waals surface area contributed by atoms with Crippen LogP contribution in [0.3, 0.4) is 0 Å². The molecule has 0 amide bonds. The fourth-order valence-corrected chi connectivity index (χ4v) is 2.05. The zero-order valence-electron chi connectivity index (χ0n) is 12.1. The van der Waals surface area contributed by atoms with Crippen LogP contribution in [0.25, 0.3) is 0 Å². The number of hydrogen-bond acceptors (Lipinski definition) is 3. The number of pyridine rings is 1. The van der Waals surface area contributed by atoms with Gasteiger partial charge in [0.1, 0.15) is 5.82 Å². The Morgan fingerprint density at radius 2 is 1.95 bits per heavy atom. The second kappa shape index (κ2) is 6.48. The molecular weight excluding hydrogens is 253 g/mol. The molecule has 0 radical (unpaired) electrons. The summed E-state index contributed by atoms with van der Waals surface area (Å²) in [6, 6.07) is 9.07. The lowest BCUT2D eigenvalue weighted by atomic mass is 10.2. The van der Waals surface area contributed by atoms with Crippen molar-refractivity contribution in [2.24, 2.45) is 0 Å². The van der Waals surface area contributed by atoms with Crippen LogP contribution in [-0.4, -0.2) is 18.1 Å². The molecule has 20 heavy (non-hydrogen) atoms. The first-order chi connectivity index (χ1) is 9.59. The van der Waals surface area contributed by atoms with Crippen LogP contribution in [0.15, 0.2) is 42.7 Å². The van der Waals surface area contributed by atoms with E-state index in [1.165, 1.54) is 6.07 Å². The minimum Gasteiger partial charge on any atom is -0.342 e. The van der Waals surface area contributed by atoms with Crippen LogP contribution in [0.5, 0.6) is 0 Å². The van der Waals surface area contributed by atoms with Gasteiger partial charge in [0, 0.05) is 43.3 Å². The summed E-state index contributed by atoms with van der Waals surface area (Å²) in [4.78, 5) is 6.02. The van der Waals surface area contributed by atoms with Crippen LogP contribution in [0.1, 0.15) is 19.4 Å². The number of nitrogens with one attached hydrogen (secondary N) is 1. The molecule has 0 spiro atoms. The average Bonchev–Trinajstić information content (AvgIpc) is 2.45. The van der Waals surface area contributed by atoms with Crippen LogP contribution < -0.4 is 10.2 Å². The van der Waals surface area contributed by atoms with E-state index >= 15 is 0 Å². The zero-order chi connectivity index (χ0) is 14.5. The van der Waals surface area contributed by atoms with Gasteiger partial charge in [0.05, 0.1) is 5.69 Å². The van der Waals surface area contributed by atoms with Gasteiger partial charge < -0.3 is 10.2 Å². The van der Waals surface area contributed by atoms with Crippen molar-refractivity contribution in [1.82, 2.24) is 10.3 Å². The van der Waals surface area contributed by atoms with Gasteiger partial charge in [-0.1, -0.05) is 26.0 Å². The van der Waals surface area contributed by atoms with E-state index in [1.807, 2.05) is 30.3 Å². The summed E-state index contributed by atoms with van der Waals surface area (Å²) in [5.41, 5.74) is 2.56. The summed E-state index contributed by atoms with van der Waals surface area (Å²) >= 11 is 0. The third-order valence-corrected chi connectivity index (χ3v) is 3.15. The maximum Gasteiger partial charge on any atom is 0.146 e. The van der Waals surface area contributed by atoms with Gasteiger partial charge in [-0.25, -0.2) is 4.39 Å². The van der Waals surface area contributed by atoms with Gasteiger partial charge in [-0.2, -0.15) is 0 Å². The Labute approximate surface area is 119 Å². The number of hydrogen-bond donors (Lipinski definition) is 1. The Morgan fingerprint density at radius 3 is 2.65 bits per heavy atom. The van der Waals surface area contributed by atoms with E-state index in [1.54, 1.807) is 18.3 Å². The molecule has 0 bridgehead atoms. The van der Waals surface area contributed by atoms with Crippen LogP contribution in [0, 0.1) is 5.82 Å². The van der Waals surface area contributed by atoms with E-state index in [9.17, 15) is 4.39 Å². The highest BCUT2D eigenvalue weighted by Gasteiger charge is 2.12. The lowest BCUT2D eigenvalue weighted by molar-refractivity contribution is 0.587. The predicted octanol–water partition coefficient (Wildman–Crippen LogP) is 3.49. The molecule has 1 aromatic heterocycles. The van der Waals surface area contributed by atoms with Crippen molar-refractivity contribution in [1.29, 1.82) is 0 Å². The molecule has 1 heterocycles. The predicted molar refractivity (Wildman–Crippen MR) is 80.7 cm³/mol. The lowest BCUT2D eigenvalue weighted by Gasteiger charge is -2.23. The minimum atomic E-state index is -0.227. The van der Waals surface area contributed by atoms with E-state index < -0.39 is 0 Å². The van der Waals surface area contributed by atoms with Crippen molar-refractivity contribution < 1.29 is 4.39 Å². The van der Waals surface area contributed by atoms with E-state index in [4.69, 9.17) is 0 Å². The van der Waals surface area contributed by atoms with Gasteiger partial charge in [0.2, 0.25) is 0 Å². The van der Waals surface area contributed by atoms with Crippen molar-refractivity contribution in [3.63, 3.8) is 0 Å². The molecule has 1 aromatic carbocycles. The molecule has 0 saturated carbocycles. The Kier molecular flexibility index (Phi) is 4.69.